The third-order valence-electron chi connectivity index (χ3n) is 3.12. The molecule has 2 aromatic rings. The van der Waals surface area contributed by atoms with E-state index in [1.165, 1.54) is 18.2 Å². The minimum atomic E-state index is -1.07. The van der Waals surface area contributed by atoms with Crippen molar-refractivity contribution in [3.8, 4) is 5.75 Å². The molecule has 2 aromatic carbocycles. The molecule has 0 saturated heterocycles. The van der Waals surface area contributed by atoms with E-state index < -0.39 is 5.97 Å². The van der Waals surface area contributed by atoms with E-state index >= 15 is 0 Å². The van der Waals surface area contributed by atoms with Gasteiger partial charge in [0, 0.05) is 6.54 Å². The van der Waals surface area contributed by atoms with Crippen molar-refractivity contribution in [1.82, 2.24) is 5.32 Å². The van der Waals surface area contributed by atoms with Crippen molar-refractivity contribution in [2.45, 2.75) is 6.42 Å². The van der Waals surface area contributed by atoms with E-state index in [4.69, 9.17) is 21.4 Å². The molecule has 1 amide bonds. The van der Waals surface area contributed by atoms with Gasteiger partial charge in [-0.25, -0.2) is 4.79 Å². The van der Waals surface area contributed by atoms with Crippen LogP contribution in [0, 0.1) is 0 Å². The van der Waals surface area contributed by atoms with Gasteiger partial charge in [0.15, 0.2) is 6.61 Å². The second kappa shape index (κ2) is 8.19. The maximum Gasteiger partial charge on any atom is 0.335 e. The molecule has 0 spiro atoms. The molecule has 0 aliphatic carbocycles. The molecule has 2 N–H and O–H groups in total. The van der Waals surface area contributed by atoms with Gasteiger partial charge in [0.2, 0.25) is 0 Å². The summed E-state index contributed by atoms with van der Waals surface area (Å²) in [7, 11) is 0. The number of benzene rings is 2. The van der Waals surface area contributed by atoms with Crippen molar-refractivity contribution in [3.63, 3.8) is 0 Å². The summed E-state index contributed by atoms with van der Waals surface area (Å²) >= 11 is 5.92. The summed E-state index contributed by atoms with van der Waals surface area (Å²) in [6.45, 7) is 0.332. The van der Waals surface area contributed by atoms with Gasteiger partial charge in [0.1, 0.15) is 5.75 Å². The number of carbonyl (C=O) groups excluding carboxylic acids is 1. The van der Waals surface area contributed by atoms with Crippen molar-refractivity contribution >= 4 is 23.5 Å². The van der Waals surface area contributed by atoms with Gasteiger partial charge in [0.05, 0.1) is 10.6 Å². The lowest BCUT2D eigenvalue weighted by atomic mass is 10.1. The first kappa shape index (κ1) is 16.8. The molecule has 0 radical (unpaired) electrons. The maximum absolute atomic E-state index is 11.7. The SMILES string of the molecule is O=C(COc1ccc(C(=O)O)cc1Cl)NCCc1ccccc1. The maximum atomic E-state index is 11.7. The van der Waals surface area contributed by atoms with E-state index in [0.29, 0.717) is 6.54 Å². The highest BCUT2D eigenvalue weighted by Crippen LogP contribution is 2.25. The first-order chi connectivity index (χ1) is 11.1. The zero-order chi connectivity index (χ0) is 16.7. The normalized spacial score (nSPS) is 10.1. The highest BCUT2D eigenvalue weighted by atomic mass is 35.5. The molecule has 0 fully saturated rings. The predicted molar refractivity (Wildman–Crippen MR) is 87.1 cm³/mol. The summed E-state index contributed by atoms with van der Waals surface area (Å²) in [5.74, 6) is -1.06. The number of carbonyl (C=O) groups is 2. The first-order valence-electron chi connectivity index (χ1n) is 7.02. The van der Waals surface area contributed by atoms with Crippen molar-refractivity contribution in [2.24, 2.45) is 0 Å². The molecule has 23 heavy (non-hydrogen) atoms. The largest absolute Gasteiger partial charge is 0.482 e. The minimum Gasteiger partial charge on any atom is -0.482 e. The van der Waals surface area contributed by atoms with Crippen LogP contribution in [0.15, 0.2) is 48.5 Å². The molecule has 5 nitrogen and oxygen atoms in total. The molecule has 0 saturated carbocycles. The Morgan fingerprint density at radius 2 is 1.87 bits per heavy atom. The number of ether oxygens (including phenoxy) is 1. The Labute approximate surface area is 138 Å². The minimum absolute atomic E-state index is 0.0645. The molecule has 0 atom stereocenters. The fraction of sp³-hybridized carbons (Fsp3) is 0.176. The van der Waals surface area contributed by atoms with E-state index in [0.717, 1.165) is 12.0 Å². The molecule has 120 valence electrons. The molecule has 0 aliphatic rings. The predicted octanol–water partition coefficient (Wildman–Crippen LogP) is 2.78. The van der Waals surface area contributed by atoms with E-state index in [-0.39, 0.29) is 28.8 Å². The molecule has 0 bridgehead atoms. The third-order valence-corrected chi connectivity index (χ3v) is 3.41. The zero-order valence-corrected chi connectivity index (χ0v) is 13.0. The van der Waals surface area contributed by atoms with Crippen molar-refractivity contribution in [2.75, 3.05) is 13.2 Å². The summed E-state index contributed by atoms with van der Waals surface area (Å²) in [5, 5.41) is 11.7. The number of hydrogen-bond acceptors (Lipinski definition) is 3. The van der Waals surface area contributed by atoms with Gasteiger partial charge in [-0.2, -0.15) is 0 Å². The number of rotatable bonds is 7. The van der Waals surface area contributed by atoms with Gasteiger partial charge in [-0.15, -0.1) is 0 Å². The van der Waals surface area contributed by atoms with E-state index in [1.54, 1.807) is 0 Å². The van der Waals surface area contributed by atoms with Gasteiger partial charge >= 0.3 is 5.97 Å². The highest BCUT2D eigenvalue weighted by Gasteiger charge is 2.09. The van der Waals surface area contributed by atoms with E-state index in [2.05, 4.69) is 5.32 Å². The smallest absolute Gasteiger partial charge is 0.335 e. The number of nitrogens with one attached hydrogen (secondary N) is 1. The van der Waals surface area contributed by atoms with Crippen LogP contribution in [0.5, 0.6) is 5.75 Å². The van der Waals surface area contributed by atoms with Crippen LogP contribution in [-0.2, 0) is 11.2 Å². The number of amides is 1. The monoisotopic (exact) mass is 333 g/mol. The average Bonchev–Trinajstić information content (AvgIpc) is 2.54. The Morgan fingerprint density at radius 1 is 1.13 bits per heavy atom. The Morgan fingerprint density at radius 3 is 2.52 bits per heavy atom. The second-order valence-corrected chi connectivity index (χ2v) is 5.23. The number of carboxylic acids is 1. The number of hydrogen-bond donors (Lipinski definition) is 2. The number of carboxylic acid groups (broad SMARTS) is 1. The average molecular weight is 334 g/mol. The third kappa shape index (κ3) is 5.30. The summed E-state index contributed by atoms with van der Waals surface area (Å²) in [4.78, 5) is 22.5. The van der Waals surface area contributed by atoms with Crippen LogP contribution in [0.2, 0.25) is 5.02 Å². The van der Waals surface area contributed by atoms with Gasteiger partial charge in [-0.1, -0.05) is 41.9 Å². The van der Waals surface area contributed by atoms with Crippen molar-refractivity contribution in [3.05, 3.63) is 64.7 Å². The van der Waals surface area contributed by atoms with Crippen LogP contribution in [0.4, 0.5) is 0 Å². The molecular weight excluding hydrogens is 318 g/mol. The quantitative estimate of drug-likeness (QED) is 0.817. The second-order valence-electron chi connectivity index (χ2n) is 4.82. The van der Waals surface area contributed by atoms with Crippen LogP contribution in [0.3, 0.4) is 0 Å². The topological polar surface area (TPSA) is 75.6 Å². The molecule has 0 aliphatic heterocycles. The zero-order valence-electron chi connectivity index (χ0n) is 12.3. The first-order valence-corrected chi connectivity index (χ1v) is 7.40. The molecule has 0 unspecified atom stereocenters. The summed E-state index contributed by atoms with van der Waals surface area (Å²) in [6.07, 6.45) is 0.737. The summed E-state index contributed by atoms with van der Waals surface area (Å²) in [5.41, 5.74) is 1.20. The Kier molecular flexibility index (Phi) is 6.00. The standard InChI is InChI=1S/C17H16ClNO4/c18-14-10-13(17(21)22)6-7-15(14)23-11-16(20)19-9-8-12-4-2-1-3-5-12/h1-7,10H,8-9,11H2,(H,19,20)(H,21,22). The fourth-order valence-corrected chi connectivity index (χ4v) is 2.17. The molecule has 2 rings (SSSR count). The Bertz CT molecular complexity index is 688. The van der Waals surface area contributed by atoms with Gasteiger partial charge in [0.25, 0.3) is 5.91 Å². The highest BCUT2D eigenvalue weighted by molar-refractivity contribution is 6.32. The van der Waals surface area contributed by atoms with Crippen LogP contribution in [0.1, 0.15) is 15.9 Å². The van der Waals surface area contributed by atoms with Gasteiger partial charge in [-0.05, 0) is 30.2 Å². The lowest BCUT2D eigenvalue weighted by molar-refractivity contribution is -0.123. The molecule has 0 aromatic heterocycles. The number of aromatic carboxylic acids is 1. The fourth-order valence-electron chi connectivity index (χ4n) is 1.94. The van der Waals surface area contributed by atoms with Crippen LogP contribution >= 0.6 is 11.6 Å². The lowest BCUT2D eigenvalue weighted by Crippen LogP contribution is -2.30. The van der Waals surface area contributed by atoms with Crippen LogP contribution in [0.25, 0.3) is 0 Å². The molecular formula is C17H16ClNO4. The van der Waals surface area contributed by atoms with E-state index in [9.17, 15) is 9.59 Å². The number of halogens is 1. The van der Waals surface area contributed by atoms with Crippen LogP contribution < -0.4 is 10.1 Å². The summed E-state index contributed by atoms with van der Waals surface area (Å²) < 4.78 is 5.30. The Balaban J connectivity index is 1.77. The lowest BCUT2D eigenvalue weighted by Gasteiger charge is -2.09. The van der Waals surface area contributed by atoms with E-state index in [1.807, 2.05) is 30.3 Å². The van der Waals surface area contributed by atoms with Crippen molar-refractivity contribution in [1.29, 1.82) is 0 Å². The van der Waals surface area contributed by atoms with Crippen molar-refractivity contribution < 1.29 is 19.4 Å². The van der Waals surface area contributed by atoms with Gasteiger partial charge < -0.3 is 15.2 Å². The van der Waals surface area contributed by atoms with Crippen LogP contribution in [-0.4, -0.2) is 30.1 Å². The Hall–Kier alpha value is -2.53. The molecule has 0 heterocycles. The van der Waals surface area contributed by atoms with Gasteiger partial charge in [-0.3, -0.25) is 4.79 Å². The summed E-state index contributed by atoms with van der Waals surface area (Å²) in [6, 6.07) is 13.9. The molecule has 6 heteroatoms.